The smallest absolute Gasteiger partial charge is 0.161 e. The highest BCUT2D eigenvalue weighted by molar-refractivity contribution is 6.08. The Bertz CT molecular complexity index is 1050. The predicted molar refractivity (Wildman–Crippen MR) is 125 cm³/mol. The predicted octanol–water partition coefficient (Wildman–Crippen LogP) is 5.13. The zero-order valence-corrected chi connectivity index (χ0v) is 18.8. The first kappa shape index (κ1) is 21.4. The number of Topliss-reactive ketones (excluding diaryl/α,β-unsaturated/α-hetero) is 1. The molecule has 164 valence electrons. The van der Waals surface area contributed by atoms with E-state index in [0.29, 0.717) is 5.92 Å². The van der Waals surface area contributed by atoms with E-state index in [4.69, 9.17) is 9.47 Å². The van der Waals surface area contributed by atoms with Gasteiger partial charge < -0.3 is 18.9 Å². The summed E-state index contributed by atoms with van der Waals surface area (Å²) < 4.78 is 13.3. The van der Waals surface area contributed by atoms with Gasteiger partial charge in [-0.15, -0.1) is 0 Å². The van der Waals surface area contributed by atoms with Crippen LogP contribution >= 0.6 is 0 Å². The van der Waals surface area contributed by atoms with Gasteiger partial charge in [-0.1, -0.05) is 30.3 Å². The number of piperidine rings is 1. The van der Waals surface area contributed by atoms with Crippen molar-refractivity contribution in [1.29, 1.82) is 0 Å². The number of aromatic nitrogens is 1. The number of ether oxygens (including phenoxy) is 2. The molecule has 1 aliphatic heterocycles. The maximum absolute atomic E-state index is 12.1. The molecule has 1 aromatic heterocycles. The molecule has 1 aliphatic rings. The quantitative estimate of drug-likeness (QED) is 0.474. The van der Waals surface area contributed by atoms with Crippen LogP contribution in [0.15, 0.2) is 48.7 Å². The van der Waals surface area contributed by atoms with Gasteiger partial charge in [-0.3, -0.25) is 4.79 Å². The first-order chi connectivity index (χ1) is 15.1. The lowest BCUT2D eigenvalue weighted by Crippen LogP contribution is -2.34. The number of nitrogens with zero attached hydrogens (tertiary/aromatic N) is 2. The number of fused-ring (bicyclic) bond motifs is 1. The standard InChI is InChI=1S/C26H32N2O3/c1-19(29)23-18-28(26-22(23)9-6-11-25(26)31-3)15-7-14-27-16-12-20(13-17-27)21-8-4-5-10-24(21)30-2/h4-6,8-11,18,20H,7,12-17H2,1-3H3. The number of methoxy groups -OCH3 is 2. The largest absolute Gasteiger partial charge is 0.496 e. The molecular formula is C26H32N2O3. The molecule has 0 spiro atoms. The summed E-state index contributed by atoms with van der Waals surface area (Å²) >= 11 is 0. The van der Waals surface area contributed by atoms with E-state index in [1.54, 1.807) is 21.1 Å². The van der Waals surface area contributed by atoms with Crippen molar-refractivity contribution in [3.8, 4) is 11.5 Å². The zero-order valence-electron chi connectivity index (χ0n) is 18.8. The molecule has 3 aromatic rings. The average Bonchev–Trinajstić information content (AvgIpc) is 3.19. The summed E-state index contributed by atoms with van der Waals surface area (Å²) in [5.41, 5.74) is 3.13. The van der Waals surface area contributed by atoms with E-state index >= 15 is 0 Å². The van der Waals surface area contributed by atoms with Gasteiger partial charge >= 0.3 is 0 Å². The highest BCUT2D eigenvalue weighted by Gasteiger charge is 2.23. The van der Waals surface area contributed by atoms with Crippen LogP contribution in [0.2, 0.25) is 0 Å². The van der Waals surface area contributed by atoms with Gasteiger partial charge in [0.1, 0.15) is 11.5 Å². The number of likely N-dealkylation sites (tertiary alicyclic amines) is 1. The van der Waals surface area contributed by atoms with Crippen molar-refractivity contribution in [2.75, 3.05) is 33.9 Å². The molecule has 5 nitrogen and oxygen atoms in total. The van der Waals surface area contributed by atoms with E-state index in [9.17, 15) is 4.79 Å². The van der Waals surface area contributed by atoms with Gasteiger partial charge in [0, 0.05) is 23.7 Å². The molecule has 5 heteroatoms. The summed E-state index contributed by atoms with van der Waals surface area (Å²) in [5, 5.41) is 0.976. The number of carbonyl (C=O) groups excluding carboxylic acids is 1. The van der Waals surface area contributed by atoms with Crippen LogP contribution < -0.4 is 9.47 Å². The van der Waals surface area contributed by atoms with Gasteiger partial charge in [0.25, 0.3) is 0 Å². The fourth-order valence-corrected chi connectivity index (χ4v) is 4.88. The third kappa shape index (κ3) is 4.47. The van der Waals surface area contributed by atoms with E-state index in [-0.39, 0.29) is 5.78 Å². The maximum Gasteiger partial charge on any atom is 0.161 e. The highest BCUT2D eigenvalue weighted by Crippen LogP contribution is 2.34. The Kier molecular flexibility index (Phi) is 6.62. The minimum Gasteiger partial charge on any atom is -0.496 e. The third-order valence-corrected chi connectivity index (χ3v) is 6.50. The van der Waals surface area contributed by atoms with Crippen LogP contribution in [0.25, 0.3) is 10.9 Å². The maximum atomic E-state index is 12.1. The SMILES string of the molecule is COc1ccccc1C1CCN(CCCn2cc(C(C)=O)c3cccc(OC)c32)CC1. The van der Waals surface area contributed by atoms with Crippen LogP contribution in [-0.2, 0) is 6.54 Å². The van der Waals surface area contributed by atoms with Gasteiger partial charge in [0.15, 0.2) is 5.78 Å². The van der Waals surface area contributed by atoms with E-state index in [1.807, 2.05) is 30.5 Å². The number of rotatable bonds is 8. The van der Waals surface area contributed by atoms with Crippen LogP contribution in [0.3, 0.4) is 0 Å². The molecule has 0 amide bonds. The number of benzene rings is 2. The lowest BCUT2D eigenvalue weighted by molar-refractivity contribution is 0.101. The molecule has 0 atom stereocenters. The van der Waals surface area contributed by atoms with Crippen LogP contribution in [-0.4, -0.2) is 49.1 Å². The molecule has 0 N–H and O–H groups in total. The lowest BCUT2D eigenvalue weighted by atomic mass is 9.89. The topological polar surface area (TPSA) is 43.7 Å². The van der Waals surface area contributed by atoms with Gasteiger partial charge in [-0.05, 0) is 69.4 Å². The average molecular weight is 421 g/mol. The summed E-state index contributed by atoms with van der Waals surface area (Å²) in [6, 6.07) is 14.3. The monoisotopic (exact) mass is 420 g/mol. The fourth-order valence-electron chi connectivity index (χ4n) is 4.88. The van der Waals surface area contributed by atoms with E-state index in [1.165, 1.54) is 5.56 Å². The second-order valence-corrected chi connectivity index (χ2v) is 8.36. The molecule has 31 heavy (non-hydrogen) atoms. The first-order valence-corrected chi connectivity index (χ1v) is 11.1. The Labute approximate surface area is 184 Å². The van der Waals surface area contributed by atoms with Crippen molar-refractivity contribution in [2.45, 2.75) is 38.6 Å². The van der Waals surface area contributed by atoms with E-state index < -0.39 is 0 Å². The molecule has 0 bridgehead atoms. The molecule has 0 unspecified atom stereocenters. The Morgan fingerprint density at radius 3 is 2.39 bits per heavy atom. The minimum atomic E-state index is 0.0930. The third-order valence-electron chi connectivity index (χ3n) is 6.50. The van der Waals surface area contributed by atoms with Crippen molar-refractivity contribution in [3.63, 3.8) is 0 Å². The van der Waals surface area contributed by atoms with Crippen molar-refractivity contribution >= 4 is 16.7 Å². The second kappa shape index (κ2) is 9.56. The number of para-hydroxylation sites is 2. The highest BCUT2D eigenvalue weighted by atomic mass is 16.5. The molecule has 0 saturated carbocycles. The minimum absolute atomic E-state index is 0.0930. The van der Waals surface area contributed by atoms with Gasteiger partial charge in [-0.25, -0.2) is 0 Å². The number of ketones is 1. The molecule has 0 aliphatic carbocycles. The second-order valence-electron chi connectivity index (χ2n) is 8.36. The summed E-state index contributed by atoms with van der Waals surface area (Å²) in [7, 11) is 3.44. The van der Waals surface area contributed by atoms with Crippen molar-refractivity contribution in [1.82, 2.24) is 9.47 Å². The Balaban J connectivity index is 1.37. The number of hydrogen-bond donors (Lipinski definition) is 0. The van der Waals surface area contributed by atoms with Gasteiger partial charge in [-0.2, -0.15) is 0 Å². The van der Waals surface area contributed by atoms with Crippen LogP contribution in [0.4, 0.5) is 0 Å². The van der Waals surface area contributed by atoms with Gasteiger partial charge in [0.05, 0.1) is 19.7 Å². The molecule has 1 fully saturated rings. The molecule has 1 saturated heterocycles. The number of aryl methyl sites for hydroxylation is 1. The van der Waals surface area contributed by atoms with Crippen LogP contribution in [0.1, 0.15) is 48.0 Å². The Morgan fingerprint density at radius 2 is 1.68 bits per heavy atom. The van der Waals surface area contributed by atoms with Crippen molar-refractivity contribution < 1.29 is 14.3 Å². The van der Waals surface area contributed by atoms with E-state index in [2.05, 4.69) is 27.7 Å². The summed E-state index contributed by atoms with van der Waals surface area (Å²) in [4.78, 5) is 14.7. The van der Waals surface area contributed by atoms with Crippen LogP contribution in [0, 0.1) is 0 Å². The zero-order chi connectivity index (χ0) is 21.8. The molecule has 2 aromatic carbocycles. The molecular weight excluding hydrogens is 388 g/mol. The molecule has 4 rings (SSSR count). The molecule has 0 radical (unpaired) electrons. The summed E-state index contributed by atoms with van der Waals surface area (Å²) in [5.74, 6) is 2.50. The van der Waals surface area contributed by atoms with Crippen molar-refractivity contribution in [3.05, 3.63) is 59.8 Å². The Morgan fingerprint density at radius 1 is 0.968 bits per heavy atom. The van der Waals surface area contributed by atoms with E-state index in [0.717, 1.165) is 73.4 Å². The number of carbonyl (C=O) groups is 1. The van der Waals surface area contributed by atoms with Crippen LogP contribution in [0.5, 0.6) is 11.5 Å². The number of hydrogen-bond acceptors (Lipinski definition) is 4. The lowest BCUT2D eigenvalue weighted by Gasteiger charge is -2.32. The Hall–Kier alpha value is -2.79. The van der Waals surface area contributed by atoms with Crippen molar-refractivity contribution in [2.24, 2.45) is 0 Å². The van der Waals surface area contributed by atoms with Gasteiger partial charge in [0.2, 0.25) is 0 Å². The summed E-state index contributed by atoms with van der Waals surface area (Å²) in [6.07, 6.45) is 5.35. The fraction of sp³-hybridized carbons (Fsp3) is 0.423. The summed E-state index contributed by atoms with van der Waals surface area (Å²) in [6.45, 7) is 5.78. The first-order valence-electron chi connectivity index (χ1n) is 11.1. The normalized spacial score (nSPS) is 15.3. The molecule has 2 heterocycles.